The van der Waals surface area contributed by atoms with Gasteiger partial charge in [-0.05, 0) is 31.8 Å². The summed E-state index contributed by atoms with van der Waals surface area (Å²) >= 11 is 1.57. The van der Waals surface area contributed by atoms with Crippen molar-refractivity contribution in [2.45, 2.75) is 58.0 Å². The molecule has 0 saturated heterocycles. The van der Waals surface area contributed by atoms with Crippen molar-refractivity contribution >= 4 is 23.8 Å². The zero-order valence-electron chi connectivity index (χ0n) is 12.1. The van der Waals surface area contributed by atoms with E-state index in [0.717, 1.165) is 25.7 Å². The van der Waals surface area contributed by atoms with Crippen molar-refractivity contribution in [3.8, 4) is 0 Å². The molecule has 6 heteroatoms. The summed E-state index contributed by atoms with van der Waals surface area (Å²) < 4.78 is 0. The van der Waals surface area contributed by atoms with Crippen molar-refractivity contribution in [1.82, 2.24) is 10.6 Å². The van der Waals surface area contributed by atoms with Crippen molar-refractivity contribution < 1.29 is 14.7 Å². The lowest BCUT2D eigenvalue weighted by Crippen LogP contribution is -2.48. The minimum absolute atomic E-state index is 0.0709. The lowest BCUT2D eigenvalue weighted by Gasteiger charge is -2.18. The lowest BCUT2D eigenvalue weighted by molar-refractivity contribution is -0.139. The Bertz CT molecular complexity index is 275. The van der Waals surface area contributed by atoms with Crippen LogP contribution in [0.5, 0.6) is 0 Å². The highest BCUT2D eigenvalue weighted by Crippen LogP contribution is 2.03. The fourth-order valence-electron chi connectivity index (χ4n) is 1.69. The molecule has 19 heavy (non-hydrogen) atoms. The predicted molar refractivity (Wildman–Crippen MR) is 79.7 cm³/mol. The highest BCUT2D eigenvalue weighted by molar-refractivity contribution is 7.98. The summed E-state index contributed by atoms with van der Waals surface area (Å²) in [5.74, 6) is -0.272. The number of hydrogen-bond donors (Lipinski definition) is 3. The van der Waals surface area contributed by atoms with E-state index in [2.05, 4.69) is 17.6 Å². The van der Waals surface area contributed by atoms with Crippen LogP contribution in [0, 0.1) is 0 Å². The van der Waals surface area contributed by atoms with Crippen LogP contribution in [-0.4, -0.2) is 41.2 Å². The first-order valence-electron chi connectivity index (χ1n) is 6.80. The molecule has 0 aliphatic carbocycles. The van der Waals surface area contributed by atoms with Crippen LogP contribution < -0.4 is 10.6 Å². The van der Waals surface area contributed by atoms with Crippen molar-refractivity contribution in [2.75, 3.05) is 12.0 Å². The van der Waals surface area contributed by atoms with Crippen molar-refractivity contribution in [2.24, 2.45) is 0 Å². The van der Waals surface area contributed by atoms with E-state index < -0.39 is 18.0 Å². The Morgan fingerprint density at radius 2 is 1.89 bits per heavy atom. The summed E-state index contributed by atoms with van der Waals surface area (Å²) in [6.45, 7) is 4.07. The molecule has 3 N–H and O–H groups in total. The third kappa shape index (κ3) is 9.64. The minimum Gasteiger partial charge on any atom is -0.480 e. The van der Waals surface area contributed by atoms with E-state index in [0.29, 0.717) is 12.2 Å². The Balaban J connectivity index is 4.00. The van der Waals surface area contributed by atoms with E-state index in [9.17, 15) is 9.59 Å². The Morgan fingerprint density at radius 1 is 1.21 bits per heavy atom. The highest BCUT2D eigenvalue weighted by Gasteiger charge is 2.19. The first-order chi connectivity index (χ1) is 9.01. The highest BCUT2D eigenvalue weighted by atomic mass is 32.2. The standard InChI is InChI=1S/C13H26N2O3S/c1-4-5-6-7-10(2)14-13(18)15-11(12(16)17)8-9-19-3/h10-11H,4-9H2,1-3H3,(H,16,17)(H2,14,15,18)/t10-,11-/m1/s1. The third-order valence-corrected chi connectivity index (χ3v) is 3.48. The van der Waals surface area contributed by atoms with Gasteiger partial charge in [0.25, 0.3) is 0 Å². The molecule has 0 aromatic carbocycles. The number of nitrogens with one attached hydrogen (secondary N) is 2. The summed E-state index contributed by atoms with van der Waals surface area (Å²) in [5, 5.41) is 14.3. The van der Waals surface area contributed by atoms with Gasteiger partial charge in [-0.15, -0.1) is 0 Å². The number of urea groups is 1. The maximum atomic E-state index is 11.7. The van der Waals surface area contributed by atoms with E-state index in [-0.39, 0.29) is 6.04 Å². The molecule has 0 bridgehead atoms. The third-order valence-electron chi connectivity index (χ3n) is 2.83. The Morgan fingerprint density at radius 3 is 2.42 bits per heavy atom. The second-order valence-corrected chi connectivity index (χ2v) is 5.67. The molecule has 0 heterocycles. The average molecular weight is 290 g/mol. The normalized spacial score (nSPS) is 13.6. The van der Waals surface area contributed by atoms with Gasteiger partial charge in [0, 0.05) is 6.04 Å². The number of carboxylic acid groups (broad SMARTS) is 1. The van der Waals surface area contributed by atoms with Gasteiger partial charge in [-0.2, -0.15) is 11.8 Å². The van der Waals surface area contributed by atoms with Crippen LogP contribution >= 0.6 is 11.8 Å². The van der Waals surface area contributed by atoms with Gasteiger partial charge < -0.3 is 15.7 Å². The molecule has 0 rings (SSSR count). The number of aliphatic carboxylic acids is 1. The summed E-state index contributed by atoms with van der Waals surface area (Å²) in [7, 11) is 0. The summed E-state index contributed by atoms with van der Waals surface area (Å²) in [6, 6.07) is -1.13. The fourth-order valence-corrected chi connectivity index (χ4v) is 2.16. The van der Waals surface area contributed by atoms with Crippen LogP contribution in [0.25, 0.3) is 0 Å². The van der Waals surface area contributed by atoms with Crippen LogP contribution in [-0.2, 0) is 4.79 Å². The molecule has 0 saturated carbocycles. The van der Waals surface area contributed by atoms with Gasteiger partial charge in [-0.3, -0.25) is 0 Å². The second-order valence-electron chi connectivity index (χ2n) is 4.69. The first-order valence-corrected chi connectivity index (χ1v) is 8.19. The molecule has 112 valence electrons. The zero-order valence-corrected chi connectivity index (χ0v) is 12.9. The number of carbonyl (C=O) groups excluding carboxylic acids is 1. The topological polar surface area (TPSA) is 78.4 Å². The number of hydrogen-bond acceptors (Lipinski definition) is 3. The molecule has 0 aromatic rings. The molecule has 0 aromatic heterocycles. The van der Waals surface area contributed by atoms with Gasteiger partial charge >= 0.3 is 12.0 Å². The molecular weight excluding hydrogens is 264 g/mol. The molecule has 0 spiro atoms. The molecule has 5 nitrogen and oxygen atoms in total. The van der Waals surface area contributed by atoms with Gasteiger partial charge in [0.2, 0.25) is 0 Å². The van der Waals surface area contributed by atoms with Gasteiger partial charge in [0.15, 0.2) is 0 Å². The number of amides is 2. The monoisotopic (exact) mass is 290 g/mol. The molecule has 0 aliphatic heterocycles. The number of rotatable bonds is 10. The summed E-state index contributed by atoms with van der Waals surface area (Å²) in [5.41, 5.74) is 0. The molecular formula is C13H26N2O3S. The van der Waals surface area contributed by atoms with E-state index in [1.165, 1.54) is 0 Å². The maximum absolute atomic E-state index is 11.7. The average Bonchev–Trinajstić information content (AvgIpc) is 2.34. The minimum atomic E-state index is -0.983. The van der Waals surface area contributed by atoms with Crippen LogP contribution in [0.4, 0.5) is 4.79 Å². The number of unbranched alkanes of at least 4 members (excludes halogenated alkanes) is 2. The number of thioether (sulfide) groups is 1. The number of carboxylic acids is 1. The molecule has 0 aliphatic rings. The zero-order chi connectivity index (χ0) is 14.7. The van der Waals surface area contributed by atoms with Gasteiger partial charge in [-0.25, -0.2) is 9.59 Å². The summed E-state index contributed by atoms with van der Waals surface area (Å²) in [4.78, 5) is 22.7. The van der Waals surface area contributed by atoms with Gasteiger partial charge in [0.1, 0.15) is 6.04 Å². The second kappa shape index (κ2) is 11.0. The van der Waals surface area contributed by atoms with Crippen molar-refractivity contribution in [3.63, 3.8) is 0 Å². The number of carbonyl (C=O) groups is 2. The Labute approximate surface area is 119 Å². The van der Waals surface area contributed by atoms with Crippen molar-refractivity contribution in [3.05, 3.63) is 0 Å². The van der Waals surface area contributed by atoms with Gasteiger partial charge in [-0.1, -0.05) is 26.2 Å². The maximum Gasteiger partial charge on any atom is 0.326 e. The van der Waals surface area contributed by atoms with E-state index in [1.807, 2.05) is 13.2 Å². The summed E-state index contributed by atoms with van der Waals surface area (Å²) in [6.07, 6.45) is 6.65. The molecule has 0 radical (unpaired) electrons. The molecule has 0 fully saturated rings. The van der Waals surface area contributed by atoms with E-state index >= 15 is 0 Å². The van der Waals surface area contributed by atoms with Crippen LogP contribution in [0.3, 0.4) is 0 Å². The molecule has 2 amide bonds. The smallest absolute Gasteiger partial charge is 0.326 e. The molecule has 2 atom stereocenters. The van der Waals surface area contributed by atoms with E-state index in [4.69, 9.17) is 5.11 Å². The Hall–Kier alpha value is -0.910. The molecule has 0 unspecified atom stereocenters. The van der Waals surface area contributed by atoms with Gasteiger partial charge in [0.05, 0.1) is 0 Å². The van der Waals surface area contributed by atoms with E-state index in [1.54, 1.807) is 11.8 Å². The quantitative estimate of drug-likeness (QED) is 0.540. The lowest BCUT2D eigenvalue weighted by atomic mass is 10.1. The largest absolute Gasteiger partial charge is 0.480 e. The predicted octanol–water partition coefficient (Wildman–Crippen LogP) is 2.46. The van der Waals surface area contributed by atoms with Crippen LogP contribution in [0.2, 0.25) is 0 Å². The van der Waals surface area contributed by atoms with Crippen LogP contribution in [0.15, 0.2) is 0 Å². The van der Waals surface area contributed by atoms with Crippen molar-refractivity contribution in [1.29, 1.82) is 0 Å². The first kappa shape index (κ1) is 18.1. The Kier molecular flexibility index (Phi) is 10.4. The fraction of sp³-hybridized carbons (Fsp3) is 0.846. The SMILES string of the molecule is CCCCC[C@@H](C)NC(=O)N[C@H](CCSC)C(=O)O. The van der Waals surface area contributed by atoms with Crippen LogP contribution in [0.1, 0.15) is 46.0 Å².